The van der Waals surface area contributed by atoms with Gasteiger partial charge >= 0.3 is 5.97 Å². The quantitative estimate of drug-likeness (QED) is 0.474. The van der Waals surface area contributed by atoms with Crippen LogP contribution in [0.25, 0.3) is 6.08 Å². The van der Waals surface area contributed by atoms with Crippen molar-refractivity contribution >= 4 is 23.9 Å². The zero-order chi connectivity index (χ0) is 19.6. The number of benzene rings is 1. The van der Waals surface area contributed by atoms with E-state index < -0.39 is 12.0 Å². The molecule has 0 saturated carbocycles. The number of amides is 2. The van der Waals surface area contributed by atoms with Crippen molar-refractivity contribution < 1.29 is 24.2 Å². The van der Waals surface area contributed by atoms with Gasteiger partial charge in [0, 0.05) is 30.7 Å². The topological polar surface area (TPSA) is 105 Å². The van der Waals surface area contributed by atoms with Crippen molar-refractivity contribution in [3.8, 4) is 5.75 Å². The Morgan fingerprint density at radius 3 is 2.89 bits per heavy atom. The van der Waals surface area contributed by atoms with Crippen LogP contribution < -0.4 is 10.6 Å². The van der Waals surface area contributed by atoms with Crippen molar-refractivity contribution in [2.75, 3.05) is 13.2 Å². The molecule has 1 aliphatic heterocycles. The van der Waals surface area contributed by atoms with E-state index in [1.54, 1.807) is 37.3 Å². The highest BCUT2D eigenvalue weighted by molar-refractivity contribution is 5.92. The first-order valence-corrected chi connectivity index (χ1v) is 8.88. The Morgan fingerprint density at radius 1 is 1.41 bits per heavy atom. The van der Waals surface area contributed by atoms with Gasteiger partial charge in [0.05, 0.1) is 6.61 Å². The lowest BCUT2D eigenvalue weighted by molar-refractivity contribution is -0.137. The van der Waals surface area contributed by atoms with Gasteiger partial charge in [-0.15, -0.1) is 0 Å². The highest BCUT2D eigenvalue weighted by Gasteiger charge is 2.26. The molecule has 0 radical (unpaired) electrons. The zero-order valence-electron chi connectivity index (χ0n) is 15.2. The van der Waals surface area contributed by atoms with E-state index in [-0.39, 0.29) is 30.1 Å². The Bertz CT molecular complexity index is 742. The fraction of sp³-hybridized carbons (Fsp3) is 0.350. The molecule has 0 aliphatic carbocycles. The normalized spacial score (nSPS) is 17.8. The maximum Gasteiger partial charge on any atom is 0.330 e. The Balaban J connectivity index is 2.01. The number of esters is 1. The minimum Gasteiger partial charge on any atom is -0.508 e. The van der Waals surface area contributed by atoms with E-state index >= 15 is 0 Å². The molecule has 1 saturated heterocycles. The third kappa shape index (κ3) is 6.97. The summed E-state index contributed by atoms with van der Waals surface area (Å²) in [6.45, 7) is 2.58. The molecule has 27 heavy (non-hydrogen) atoms. The first-order chi connectivity index (χ1) is 13.0. The zero-order valence-corrected chi connectivity index (χ0v) is 15.2. The number of ether oxygens (including phenoxy) is 1. The minimum atomic E-state index is -0.497. The van der Waals surface area contributed by atoms with Gasteiger partial charge in [-0.1, -0.05) is 18.2 Å². The second-order valence-electron chi connectivity index (χ2n) is 6.17. The molecule has 2 amide bonds. The molecule has 1 aromatic rings. The lowest BCUT2D eigenvalue weighted by Gasteiger charge is -2.17. The highest BCUT2D eigenvalue weighted by Crippen LogP contribution is 2.17. The highest BCUT2D eigenvalue weighted by atomic mass is 16.5. The van der Waals surface area contributed by atoms with Gasteiger partial charge < -0.3 is 20.5 Å². The van der Waals surface area contributed by atoms with Gasteiger partial charge in [0.15, 0.2) is 0 Å². The molecule has 2 rings (SSSR count). The molecule has 2 atom stereocenters. The smallest absolute Gasteiger partial charge is 0.330 e. The summed E-state index contributed by atoms with van der Waals surface area (Å²) in [5.74, 6) is -1.01. The number of aromatic hydroxyl groups is 1. The number of hydrogen-bond acceptors (Lipinski definition) is 5. The van der Waals surface area contributed by atoms with Gasteiger partial charge in [0.25, 0.3) is 0 Å². The van der Waals surface area contributed by atoms with Crippen LogP contribution in [0, 0.1) is 5.92 Å². The largest absolute Gasteiger partial charge is 0.508 e. The van der Waals surface area contributed by atoms with Gasteiger partial charge in [-0.3, -0.25) is 9.59 Å². The third-order valence-corrected chi connectivity index (χ3v) is 4.08. The lowest BCUT2D eigenvalue weighted by atomic mass is 9.98. The summed E-state index contributed by atoms with van der Waals surface area (Å²) in [7, 11) is 0. The first-order valence-electron chi connectivity index (χ1n) is 8.88. The Morgan fingerprint density at radius 2 is 2.22 bits per heavy atom. The molecule has 0 bridgehead atoms. The van der Waals surface area contributed by atoms with Crippen LogP contribution in [-0.4, -0.2) is 42.1 Å². The van der Waals surface area contributed by atoms with E-state index in [0.29, 0.717) is 24.9 Å². The Labute approximate surface area is 158 Å². The maximum atomic E-state index is 12.2. The van der Waals surface area contributed by atoms with Crippen molar-refractivity contribution in [2.24, 2.45) is 5.92 Å². The van der Waals surface area contributed by atoms with Crippen molar-refractivity contribution in [2.45, 2.75) is 25.8 Å². The number of phenols is 1. The number of carbonyl (C=O) groups is 3. The van der Waals surface area contributed by atoms with Gasteiger partial charge in [-0.05, 0) is 43.5 Å². The predicted octanol–water partition coefficient (Wildman–Crippen LogP) is 1.54. The van der Waals surface area contributed by atoms with E-state index in [9.17, 15) is 19.5 Å². The van der Waals surface area contributed by atoms with Gasteiger partial charge in [0.1, 0.15) is 5.75 Å². The second kappa shape index (κ2) is 10.2. The molecule has 3 N–H and O–H groups in total. The molecule has 0 spiro atoms. The van der Waals surface area contributed by atoms with Crippen LogP contribution in [0.15, 0.2) is 42.5 Å². The number of hydrogen-bond donors (Lipinski definition) is 3. The number of rotatable bonds is 8. The standard InChI is InChI=1S/C20H24N2O5/c1-2-27-19(25)9-7-16(13-15-10-11-21-20(15)26)22-18(24)8-6-14-4-3-5-17(23)12-14/h3-9,12,15-16,23H,2,10-11,13H2,1H3,(H,21,26)(H,22,24)/t15-,16+/m0/s1. The van der Waals surface area contributed by atoms with Crippen LogP contribution in [0.1, 0.15) is 25.3 Å². The van der Waals surface area contributed by atoms with Crippen LogP contribution in [0.2, 0.25) is 0 Å². The first kappa shape index (κ1) is 20.2. The Hall–Kier alpha value is -3.09. The summed E-state index contributed by atoms with van der Waals surface area (Å²) in [6.07, 6.45) is 6.81. The Kier molecular flexibility index (Phi) is 7.61. The molecule has 0 unspecified atom stereocenters. The lowest BCUT2D eigenvalue weighted by Crippen LogP contribution is -2.35. The van der Waals surface area contributed by atoms with Gasteiger partial charge in [-0.25, -0.2) is 4.79 Å². The van der Waals surface area contributed by atoms with Gasteiger partial charge in [0.2, 0.25) is 11.8 Å². The summed E-state index contributed by atoms with van der Waals surface area (Å²) in [5.41, 5.74) is 0.680. The van der Waals surface area contributed by atoms with Crippen LogP contribution >= 0.6 is 0 Å². The molecule has 1 aromatic carbocycles. The minimum absolute atomic E-state index is 0.0471. The number of carbonyl (C=O) groups excluding carboxylic acids is 3. The average Bonchev–Trinajstić information content (AvgIpc) is 3.03. The van der Waals surface area contributed by atoms with Crippen LogP contribution in [0.5, 0.6) is 5.75 Å². The number of phenolic OH excluding ortho intramolecular Hbond substituents is 1. The van der Waals surface area contributed by atoms with E-state index in [1.165, 1.54) is 18.2 Å². The van der Waals surface area contributed by atoms with Crippen LogP contribution in [0.4, 0.5) is 0 Å². The van der Waals surface area contributed by atoms with Gasteiger partial charge in [-0.2, -0.15) is 0 Å². The molecule has 1 aliphatic rings. The second-order valence-corrected chi connectivity index (χ2v) is 6.17. The molecular weight excluding hydrogens is 348 g/mol. The summed E-state index contributed by atoms with van der Waals surface area (Å²) in [5, 5.41) is 15.0. The van der Waals surface area contributed by atoms with Crippen molar-refractivity contribution in [3.63, 3.8) is 0 Å². The summed E-state index contributed by atoms with van der Waals surface area (Å²) < 4.78 is 4.85. The predicted molar refractivity (Wildman–Crippen MR) is 101 cm³/mol. The summed E-state index contributed by atoms with van der Waals surface area (Å²) in [6, 6.07) is 6.02. The summed E-state index contributed by atoms with van der Waals surface area (Å²) >= 11 is 0. The fourth-order valence-electron chi connectivity index (χ4n) is 2.78. The van der Waals surface area contributed by atoms with Crippen molar-refractivity contribution in [3.05, 3.63) is 48.1 Å². The van der Waals surface area contributed by atoms with Crippen molar-refractivity contribution in [1.82, 2.24) is 10.6 Å². The molecule has 7 heteroatoms. The maximum absolute atomic E-state index is 12.2. The summed E-state index contributed by atoms with van der Waals surface area (Å²) in [4.78, 5) is 35.6. The average molecular weight is 372 g/mol. The van der Waals surface area contributed by atoms with Crippen LogP contribution in [0.3, 0.4) is 0 Å². The van der Waals surface area contributed by atoms with E-state index in [2.05, 4.69) is 10.6 Å². The number of nitrogens with one attached hydrogen (secondary N) is 2. The fourth-order valence-corrected chi connectivity index (χ4v) is 2.78. The van der Waals surface area contributed by atoms with Crippen LogP contribution in [-0.2, 0) is 19.1 Å². The molecule has 1 heterocycles. The van der Waals surface area contributed by atoms with E-state index in [0.717, 1.165) is 0 Å². The van der Waals surface area contributed by atoms with E-state index in [4.69, 9.17) is 4.74 Å². The monoisotopic (exact) mass is 372 g/mol. The SMILES string of the molecule is CCOC(=O)C=C[C@H](C[C@@H]1CCNC1=O)NC(=O)C=Cc1cccc(O)c1. The van der Waals surface area contributed by atoms with Crippen molar-refractivity contribution in [1.29, 1.82) is 0 Å². The molecule has 7 nitrogen and oxygen atoms in total. The molecule has 0 aromatic heterocycles. The molecule has 1 fully saturated rings. The molecular formula is C20H24N2O5. The molecule has 144 valence electrons. The van der Waals surface area contributed by atoms with E-state index in [1.807, 2.05) is 0 Å². The third-order valence-electron chi connectivity index (χ3n) is 4.08.